The predicted octanol–water partition coefficient (Wildman–Crippen LogP) is 3.90. The molecule has 3 nitrogen and oxygen atoms in total. The van der Waals surface area contributed by atoms with Gasteiger partial charge >= 0.3 is 5.97 Å². The van der Waals surface area contributed by atoms with Crippen molar-refractivity contribution in [1.29, 1.82) is 0 Å². The molecule has 0 spiro atoms. The molecule has 1 atom stereocenters. The quantitative estimate of drug-likeness (QED) is 0.910. The third kappa shape index (κ3) is 3.99. The van der Waals surface area contributed by atoms with Crippen molar-refractivity contribution in [2.45, 2.75) is 38.8 Å². The Morgan fingerprint density at radius 2 is 1.96 bits per heavy atom. The number of aryl methyl sites for hydroxylation is 1. The summed E-state index contributed by atoms with van der Waals surface area (Å²) in [7, 11) is 0. The normalized spacial score (nSPS) is 18.2. The van der Waals surface area contributed by atoms with Crippen LogP contribution in [0.15, 0.2) is 48.5 Å². The van der Waals surface area contributed by atoms with Crippen molar-refractivity contribution in [3.05, 3.63) is 70.8 Å². The fourth-order valence-electron chi connectivity index (χ4n) is 3.37. The van der Waals surface area contributed by atoms with Crippen molar-refractivity contribution in [2.24, 2.45) is 0 Å². The Balaban J connectivity index is 1.68. The van der Waals surface area contributed by atoms with Gasteiger partial charge in [-0.1, -0.05) is 42.0 Å². The number of carboxylic acid groups (broad SMARTS) is 1. The van der Waals surface area contributed by atoms with E-state index in [-0.39, 0.29) is 0 Å². The van der Waals surface area contributed by atoms with E-state index in [0.717, 1.165) is 25.1 Å². The lowest BCUT2D eigenvalue weighted by molar-refractivity contribution is 0.0696. The summed E-state index contributed by atoms with van der Waals surface area (Å²) in [5.74, 6) is -0.857. The van der Waals surface area contributed by atoms with Gasteiger partial charge in [-0.05, 0) is 56.0 Å². The maximum absolute atomic E-state index is 11.1. The Morgan fingerprint density at radius 3 is 2.70 bits per heavy atom. The zero-order valence-corrected chi connectivity index (χ0v) is 13.5. The monoisotopic (exact) mass is 309 g/mol. The van der Waals surface area contributed by atoms with Crippen molar-refractivity contribution in [2.75, 3.05) is 6.54 Å². The van der Waals surface area contributed by atoms with Crippen LogP contribution >= 0.6 is 0 Å². The van der Waals surface area contributed by atoms with Crippen LogP contribution in [0.25, 0.3) is 0 Å². The first kappa shape index (κ1) is 15.8. The topological polar surface area (TPSA) is 40.5 Å². The van der Waals surface area contributed by atoms with Crippen LogP contribution < -0.4 is 0 Å². The van der Waals surface area contributed by atoms with E-state index in [9.17, 15) is 4.79 Å². The molecule has 1 N–H and O–H groups in total. The number of likely N-dealkylation sites (tertiary alicyclic amines) is 1. The highest BCUT2D eigenvalue weighted by Gasteiger charge is 2.24. The number of rotatable bonds is 5. The number of benzene rings is 2. The van der Waals surface area contributed by atoms with Crippen LogP contribution in [0.1, 0.15) is 39.9 Å². The summed E-state index contributed by atoms with van der Waals surface area (Å²) >= 11 is 0. The largest absolute Gasteiger partial charge is 0.478 e. The van der Waals surface area contributed by atoms with Crippen LogP contribution in [0.2, 0.25) is 0 Å². The Labute approximate surface area is 137 Å². The number of carboxylic acids is 1. The van der Waals surface area contributed by atoms with Gasteiger partial charge in [0.05, 0.1) is 5.56 Å². The zero-order valence-electron chi connectivity index (χ0n) is 13.5. The molecule has 2 aromatic rings. The minimum Gasteiger partial charge on any atom is -0.478 e. The zero-order chi connectivity index (χ0) is 16.2. The van der Waals surface area contributed by atoms with E-state index < -0.39 is 5.97 Å². The molecule has 0 amide bonds. The van der Waals surface area contributed by atoms with Crippen LogP contribution in [-0.2, 0) is 13.0 Å². The molecule has 0 aromatic heterocycles. The van der Waals surface area contributed by atoms with Gasteiger partial charge in [0.2, 0.25) is 0 Å². The molecule has 1 fully saturated rings. The second-order valence-corrected chi connectivity index (χ2v) is 6.46. The van der Waals surface area contributed by atoms with Gasteiger partial charge in [0, 0.05) is 12.6 Å². The minimum atomic E-state index is -0.857. The number of hydrogen-bond acceptors (Lipinski definition) is 2. The van der Waals surface area contributed by atoms with Crippen LogP contribution in [-0.4, -0.2) is 28.6 Å². The highest BCUT2D eigenvalue weighted by Crippen LogP contribution is 2.23. The van der Waals surface area contributed by atoms with Crippen LogP contribution in [0, 0.1) is 6.92 Å². The molecule has 3 rings (SSSR count). The van der Waals surface area contributed by atoms with Crippen LogP contribution in [0.4, 0.5) is 0 Å². The molecule has 0 bridgehead atoms. The fraction of sp³-hybridized carbons (Fsp3) is 0.350. The summed E-state index contributed by atoms with van der Waals surface area (Å²) in [5, 5.41) is 9.13. The Hall–Kier alpha value is -2.13. The third-order valence-corrected chi connectivity index (χ3v) is 4.65. The number of aromatic carboxylic acids is 1. The molecule has 1 aliphatic rings. The molecular weight excluding hydrogens is 286 g/mol. The lowest BCUT2D eigenvalue weighted by Crippen LogP contribution is -2.30. The summed E-state index contributed by atoms with van der Waals surface area (Å²) < 4.78 is 0. The highest BCUT2D eigenvalue weighted by atomic mass is 16.4. The molecule has 0 radical (unpaired) electrons. The molecule has 0 aliphatic carbocycles. The minimum absolute atomic E-state index is 0.372. The SMILES string of the molecule is Cc1ccc(CC2CCCN2Cc2cccc(C(=O)O)c2)cc1. The summed E-state index contributed by atoms with van der Waals surface area (Å²) in [5.41, 5.74) is 4.13. The third-order valence-electron chi connectivity index (χ3n) is 4.65. The molecule has 120 valence electrons. The Kier molecular flexibility index (Phi) is 4.77. The lowest BCUT2D eigenvalue weighted by atomic mass is 10.0. The molecule has 1 aliphatic heterocycles. The second-order valence-electron chi connectivity index (χ2n) is 6.46. The van der Waals surface area contributed by atoms with Crippen LogP contribution in [0.3, 0.4) is 0 Å². The molecule has 1 heterocycles. The van der Waals surface area contributed by atoms with E-state index >= 15 is 0 Å². The Bertz CT molecular complexity index is 678. The number of carbonyl (C=O) groups is 1. The van der Waals surface area contributed by atoms with E-state index in [1.807, 2.05) is 12.1 Å². The van der Waals surface area contributed by atoms with Crippen molar-refractivity contribution >= 4 is 5.97 Å². The van der Waals surface area contributed by atoms with Gasteiger partial charge < -0.3 is 5.11 Å². The maximum atomic E-state index is 11.1. The summed E-state index contributed by atoms with van der Waals surface area (Å²) in [6.07, 6.45) is 3.50. The molecule has 3 heteroatoms. The first-order valence-electron chi connectivity index (χ1n) is 8.23. The smallest absolute Gasteiger partial charge is 0.335 e. The molecule has 23 heavy (non-hydrogen) atoms. The summed E-state index contributed by atoms with van der Waals surface area (Å²) in [4.78, 5) is 13.6. The first-order chi connectivity index (χ1) is 11.1. The second kappa shape index (κ2) is 6.97. The molecular formula is C20H23NO2. The van der Waals surface area contributed by atoms with Crippen molar-refractivity contribution in [1.82, 2.24) is 4.90 Å². The van der Waals surface area contributed by atoms with Gasteiger partial charge in [0.15, 0.2) is 0 Å². The van der Waals surface area contributed by atoms with Gasteiger partial charge in [-0.25, -0.2) is 4.79 Å². The van der Waals surface area contributed by atoms with Crippen molar-refractivity contribution in [3.8, 4) is 0 Å². The van der Waals surface area contributed by atoms with Gasteiger partial charge in [-0.2, -0.15) is 0 Å². The van der Waals surface area contributed by atoms with Gasteiger partial charge in [0.1, 0.15) is 0 Å². The van der Waals surface area contributed by atoms with Crippen LogP contribution in [0.5, 0.6) is 0 Å². The fourth-order valence-corrected chi connectivity index (χ4v) is 3.37. The molecule has 1 saturated heterocycles. The van der Waals surface area contributed by atoms with E-state index in [0.29, 0.717) is 11.6 Å². The van der Waals surface area contributed by atoms with E-state index in [1.165, 1.54) is 24.0 Å². The lowest BCUT2D eigenvalue weighted by Gasteiger charge is -2.25. The van der Waals surface area contributed by atoms with E-state index in [4.69, 9.17) is 5.11 Å². The van der Waals surface area contributed by atoms with Gasteiger partial charge in [-0.15, -0.1) is 0 Å². The number of hydrogen-bond donors (Lipinski definition) is 1. The number of nitrogens with zero attached hydrogens (tertiary/aromatic N) is 1. The van der Waals surface area contributed by atoms with Crippen molar-refractivity contribution < 1.29 is 9.90 Å². The Morgan fingerprint density at radius 1 is 1.17 bits per heavy atom. The highest BCUT2D eigenvalue weighted by molar-refractivity contribution is 5.87. The molecule has 1 unspecified atom stereocenters. The molecule has 0 saturated carbocycles. The predicted molar refractivity (Wildman–Crippen MR) is 91.7 cm³/mol. The van der Waals surface area contributed by atoms with Crippen molar-refractivity contribution in [3.63, 3.8) is 0 Å². The first-order valence-corrected chi connectivity index (χ1v) is 8.23. The molecule has 2 aromatic carbocycles. The van der Waals surface area contributed by atoms with Gasteiger partial charge in [-0.3, -0.25) is 4.90 Å². The standard InChI is InChI=1S/C20H23NO2/c1-15-7-9-16(10-8-15)13-19-6-3-11-21(19)14-17-4-2-5-18(12-17)20(22)23/h2,4-5,7-10,12,19H,3,6,11,13-14H2,1H3,(H,22,23). The summed E-state index contributed by atoms with van der Waals surface area (Å²) in [6, 6.07) is 16.6. The van der Waals surface area contributed by atoms with E-state index in [1.54, 1.807) is 12.1 Å². The van der Waals surface area contributed by atoms with Gasteiger partial charge in [0.25, 0.3) is 0 Å². The average Bonchev–Trinajstić information content (AvgIpc) is 2.97. The maximum Gasteiger partial charge on any atom is 0.335 e. The summed E-state index contributed by atoms with van der Waals surface area (Å²) in [6.45, 7) is 4.03. The average molecular weight is 309 g/mol. The van der Waals surface area contributed by atoms with E-state index in [2.05, 4.69) is 36.1 Å².